The first-order valence-corrected chi connectivity index (χ1v) is 5.35. The van der Waals surface area contributed by atoms with Crippen LogP contribution in [0, 0.1) is 22.9 Å². The van der Waals surface area contributed by atoms with E-state index < -0.39 is 46.2 Å². The van der Waals surface area contributed by atoms with Crippen LogP contribution in [0.25, 0.3) is 0 Å². The lowest BCUT2D eigenvalue weighted by atomic mass is 9.80. The summed E-state index contributed by atoms with van der Waals surface area (Å²) in [5.41, 5.74) is 3.57. The minimum absolute atomic E-state index is 0.404. The Morgan fingerprint density at radius 1 is 1.37 bits per heavy atom. The average Bonchev–Trinajstić information content (AvgIpc) is 2.34. The second-order valence-electron chi connectivity index (χ2n) is 4.61. The summed E-state index contributed by atoms with van der Waals surface area (Å²) in [7, 11) is 1.11. The van der Waals surface area contributed by atoms with E-state index in [1.54, 1.807) is 0 Å². The zero-order valence-electron chi connectivity index (χ0n) is 10.6. The van der Waals surface area contributed by atoms with Crippen molar-refractivity contribution in [3.8, 4) is 5.75 Å². The number of rotatable bonds is 3. The average molecular weight is 277 g/mol. The molecule has 1 aromatic carbocycles. The van der Waals surface area contributed by atoms with Gasteiger partial charge in [-0.2, -0.15) is 0 Å². The van der Waals surface area contributed by atoms with E-state index in [0.717, 1.165) is 7.11 Å². The third-order valence-electron chi connectivity index (χ3n) is 2.98. The monoisotopic (exact) mass is 277 g/mol. The summed E-state index contributed by atoms with van der Waals surface area (Å²) in [5, 5.41) is 9.51. The molecule has 3 N–H and O–H groups in total. The molecule has 0 saturated carbocycles. The van der Waals surface area contributed by atoms with Gasteiger partial charge in [-0.15, -0.1) is 0 Å². The lowest BCUT2D eigenvalue weighted by Crippen LogP contribution is -2.38. The molecule has 1 atom stereocenters. The number of hydrogen-bond donors (Lipinski definition) is 2. The highest BCUT2D eigenvalue weighted by atomic mass is 19.2. The molecule has 19 heavy (non-hydrogen) atoms. The molecule has 0 bridgehead atoms. The molecular formula is C12H14F3NO3. The fourth-order valence-electron chi connectivity index (χ4n) is 1.64. The normalized spacial score (nSPS) is 13.2. The van der Waals surface area contributed by atoms with Crippen molar-refractivity contribution in [2.45, 2.75) is 19.9 Å². The number of halogens is 3. The van der Waals surface area contributed by atoms with Gasteiger partial charge >= 0.3 is 5.97 Å². The number of phenols is 1. The highest BCUT2D eigenvalue weighted by Gasteiger charge is 2.40. The van der Waals surface area contributed by atoms with Crippen LogP contribution in [-0.2, 0) is 9.53 Å². The number of methoxy groups -OCH3 is 1. The number of nitrogens with two attached hydrogens (primary N) is 1. The molecule has 1 rings (SSSR count). The highest BCUT2D eigenvalue weighted by Crippen LogP contribution is 2.39. The van der Waals surface area contributed by atoms with E-state index in [1.807, 2.05) is 0 Å². The minimum atomic E-state index is -1.76. The van der Waals surface area contributed by atoms with Crippen molar-refractivity contribution in [2.24, 2.45) is 11.1 Å². The molecule has 7 heteroatoms. The molecule has 4 nitrogen and oxygen atoms in total. The fourth-order valence-corrected chi connectivity index (χ4v) is 1.64. The van der Waals surface area contributed by atoms with Crippen LogP contribution in [0.5, 0.6) is 5.75 Å². The van der Waals surface area contributed by atoms with Gasteiger partial charge in [0.2, 0.25) is 0 Å². The first-order chi connectivity index (χ1) is 8.64. The van der Waals surface area contributed by atoms with E-state index in [4.69, 9.17) is 5.73 Å². The Labute approximate surface area is 108 Å². The molecule has 0 saturated heterocycles. The summed E-state index contributed by atoms with van der Waals surface area (Å²) in [6.45, 7) is 2.67. The number of carbonyl (C=O) groups excluding carboxylic acids is 1. The van der Waals surface area contributed by atoms with Gasteiger partial charge in [0.25, 0.3) is 0 Å². The van der Waals surface area contributed by atoms with E-state index in [0.29, 0.717) is 6.07 Å². The van der Waals surface area contributed by atoms with Crippen LogP contribution in [0.3, 0.4) is 0 Å². The number of benzene rings is 1. The van der Waals surface area contributed by atoms with Crippen molar-refractivity contribution in [1.82, 2.24) is 0 Å². The van der Waals surface area contributed by atoms with Crippen LogP contribution in [0.2, 0.25) is 0 Å². The third kappa shape index (κ3) is 2.51. The third-order valence-corrected chi connectivity index (χ3v) is 2.98. The molecule has 0 radical (unpaired) electrons. The molecule has 0 spiro atoms. The van der Waals surface area contributed by atoms with Gasteiger partial charge in [0, 0.05) is 6.07 Å². The topological polar surface area (TPSA) is 72.5 Å². The number of carbonyl (C=O) groups is 1. The molecule has 1 aromatic rings. The van der Waals surface area contributed by atoms with Crippen molar-refractivity contribution in [3.63, 3.8) is 0 Å². The number of phenolic OH excluding ortho intramolecular Hbond substituents is 1. The van der Waals surface area contributed by atoms with Crippen LogP contribution in [0.4, 0.5) is 13.2 Å². The molecule has 0 amide bonds. The van der Waals surface area contributed by atoms with E-state index in [-0.39, 0.29) is 0 Å². The summed E-state index contributed by atoms with van der Waals surface area (Å²) >= 11 is 0. The quantitative estimate of drug-likeness (QED) is 0.655. The highest BCUT2D eigenvalue weighted by molar-refractivity contribution is 5.77. The number of hydrogen-bond acceptors (Lipinski definition) is 4. The van der Waals surface area contributed by atoms with E-state index in [9.17, 15) is 23.1 Å². The first kappa shape index (κ1) is 15.3. The molecular weight excluding hydrogens is 263 g/mol. The molecule has 0 aliphatic heterocycles. The smallest absolute Gasteiger partial charge is 0.313 e. The van der Waals surface area contributed by atoms with Crippen LogP contribution < -0.4 is 5.73 Å². The fraction of sp³-hybridized carbons (Fsp3) is 0.417. The number of esters is 1. The second kappa shape index (κ2) is 5.08. The Kier molecular flexibility index (Phi) is 4.09. The van der Waals surface area contributed by atoms with Crippen LogP contribution in [0.1, 0.15) is 25.5 Å². The van der Waals surface area contributed by atoms with E-state index in [1.165, 1.54) is 13.8 Å². The van der Waals surface area contributed by atoms with Gasteiger partial charge in [-0.05, 0) is 13.8 Å². The Balaban J connectivity index is 3.39. The van der Waals surface area contributed by atoms with Crippen molar-refractivity contribution >= 4 is 5.97 Å². The maximum Gasteiger partial charge on any atom is 0.313 e. The van der Waals surface area contributed by atoms with Crippen LogP contribution in [-0.4, -0.2) is 18.2 Å². The molecule has 0 unspecified atom stereocenters. The first-order valence-electron chi connectivity index (χ1n) is 5.35. The summed E-state index contributed by atoms with van der Waals surface area (Å²) in [4.78, 5) is 11.5. The van der Waals surface area contributed by atoms with Crippen LogP contribution in [0.15, 0.2) is 6.07 Å². The molecule has 0 fully saturated rings. The lowest BCUT2D eigenvalue weighted by Gasteiger charge is -2.29. The maximum absolute atomic E-state index is 13.7. The van der Waals surface area contributed by atoms with Gasteiger partial charge < -0.3 is 15.6 Å². The van der Waals surface area contributed by atoms with E-state index >= 15 is 0 Å². The Hall–Kier alpha value is -1.76. The van der Waals surface area contributed by atoms with Crippen molar-refractivity contribution in [1.29, 1.82) is 0 Å². The van der Waals surface area contributed by atoms with Gasteiger partial charge in [0.05, 0.1) is 24.1 Å². The minimum Gasteiger partial charge on any atom is -0.507 e. The van der Waals surface area contributed by atoms with Gasteiger partial charge in [0.15, 0.2) is 17.5 Å². The second-order valence-corrected chi connectivity index (χ2v) is 4.61. The Morgan fingerprint density at radius 2 is 1.89 bits per heavy atom. The number of aromatic hydroxyl groups is 1. The summed E-state index contributed by atoms with van der Waals surface area (Å²) in [6.07, 6.45) is 0. The van der Waals surface area contributed by atoms with Crippen molar-refractivity contribution in [3.05, 3.63) is 29.1 Å². The molecule has 0 aromatic heterocycles. The SMILES string of the molecule is COC(=O)C(C)(C)[C@H](N)c1c(O)cc(F)c(F)c1F. The van der Waals surface area contributed by atoms with Gasteiger partial charge in [-0.25, -0.2) is 13.2 Å². The summed E-state index contributed by atoms with van der Waals surface area (Å²) < 4.78 is 44.2. The largest absolute Gasteiger partial charge is 0.507 e. The molecule has 0 heterocycles. The Bertz CT molecular complexity index is 517. The van der Waals surface area contributed by atoms with Crippen LogP contribution >= 0.6 is 0 Å². The Morgan fingerprint density at radius 3 is 2.37 bits per heavy atom. The molecule has 106 valence electrons. The predicted molar refractivity (Wildman–Crippen MR) is 60.7 cm³/mol. The van der Waals surface area contributed by atoms with Gasteiger partial charge in [-0.1, -0.05) is 0 Å². The van der Waals surface area contributed by atoms with Gasteiger partial charge in [-0.3, -0.25) is 4.79 Å². The molecule has 0 aliphatic rings. The van der Waals surface area contributed by atoms with Crippen molar-refractivity contribution in [2.75, 3.05) is 7.11 Å². The number of ether oxygens (including phenoxy) is 1. The van der Waals surface area contributed by atoms with E-state index in [2.05, 4.69) is 4.74 Å². The summed E-state index contributed by atoms with van der Waals surface area (Å²) in [5.74, 6) is -6.56. The van der Waals surface area contributed by atoms with Crippen molar-refractivity contribution < 1.29 is 27.8 Å². The zero-order chi connectivity index (χ0) is 15.0. The molecule has 0 aliphatic carbocycles. The zero-order valence-corrected chi connectivity index (χ0v) is 10.6. The van der Waals surface area contributed by atoms with Gasteiger partial charge in [0.1, 0.15) is 5.75 Å². The standard InChI is InChI=1S/C12H14F3NO3/c1-12(2,11(18)19-3)10(16)7-6(17)4-5(13)8(14)9(7)15/h4,10,17H,16H2,1-3H3/t10-/m1/s1. The maximum atomic E-state index is 13.7. The summed E-state index contributed by atoms with van der Waals surface area (Å²) in [6, 6.07) is -1.00. The lowest BCUT2D eigenvalue weighted by molar-refractivity contribution is -0.152. The predicted octanol–water partition coefficient (Wildman–Crippen LogP) is 2.01.